The van der Waals surface area contributed by atoms with Crippen LogP contribution in [0.4, 0.5) is 5.69 Å². The molecule has 1 heterocycles. The van der Waals surface area contributed by atoms with Gasteiger partial charge in [-0.15, -0.1) is 0 Å². The zero-order valence-electron chi connectivity index (χ0n) is 11.0. The summed E-state index contributed by atoms with van der Waals surface area (Å²) in [5.74, 6) is 0.593. The second-order valence-electron chi connectivity index (χ2n) is 4.81. The Morgan fingerprint density at radius 2 is 1.74 bits per heavy atom. The van der Waals surface area contributed by atoms with Gasteiger partial charge in [0.2, 0.25) is 0 Å². The standard InChI is InChI=1S/C16H17N3/c1-12(13-7-3-2-4-8-13)19-11-14-9-5-6-10-15(14)18-16(19)17/h2-10,12H,11H2,1H3,(H2,17,18). The lowest BCUT2D eigenvalue weighted by molar-refractivity contribution is 0.321. The summed E-state index contributed by atoms with van der Waals surface area (Å²) in [6.45, 7) is 2.97. The number of guanidine groups is 1. The fourth-order valence-electron chi connectivity index (χ4n) is 2.45. The quantitative estimate of drug-likeness (QED) is 0.890. The summed E-state index contributed by atoms with van der Waals surface area (Å²) in [6.07, 6.45) is 0. The van der Waals surface area contributed by atoms with Gasteiger partial charge in [0.1, 0.15) is 0 Å². The lowest BCUT2D eigenvalue weighted by Crippen LogP contribution is -2.40. The molecule has 3 rings (SSSR count). The minimum Gasteiger partial charge on any atom is -0.369 e. The SMILES string of the molecule is CC(c1ccccc1)N1Cc2ccccc2N=C1N. The van der Waals surface area contributed by atoms with E-state index in [9.17, 15) is 0 Å². The highest BCUT2D eigenvalue weighted by atomic mass is 15.3. The second kappa shape index (κ2) is 4.76. The minimum absolute atomic E-state index is 0.221. The molecule has 0 fully saturated rings. The third-order valence-electron chi connectivity index (χ3n) is 3.61. The van der Waals surface area contributed by atoms with Crippen molar-refractivity contribution in [1.29, 1.82) is 0 Å². The topological polar surface area (TPSA) is 41.6 Å². The van der Waals surface area contributed by atoms with Crippen LogP contribution in [-0.2, 0) is 6.54 Å². The number of fused-ring (bicyclic) bond motifs is 1. The van der Waals surface area contributed by atoms with Gasteiger partial charge in [0, 0.05) is 6.54 Å². The Bertz CT molecular complexity index is 604. The normalized spacial score (nSPS) is 15.6. The van der Waals surface area contributed by atoms with E-state index in [2.05, 4.69) is 47.1 Å². The van der Waals surface area contributed by atoms with Crippen LogP contribution in [0, 0.1) is 0 Å². The van der Waals surface area contributed by atoms with E-state index >= 15 is 0 Å². The summed E-state index contributed by atoms with van der Waals surface area (Å²) < 4.78 is 0. The molecule has 1 aliphatic rings. The van der Waals surface area contributed by atoms with E-state index in [1.165, 1.54) is 11.1 Å². The molecular formula is C16H17N3. The molecule has 0 spiro atoms. The summed E-state index contributed by atoms with van der Waals surface area (Å²) in [4.78, 5) is 6.63. The first-order chi connectivity index (χ1) is 9.25. The number of hydrogen-bond acceptors (Lipinski definition) is 3. The smallest absolute Gasteiger partial charge is 0.197 e. The van der Waals surface area contributed by atoms with Gasteiger partial charge in [-0.1, -0.05) is 48.5 Å². The van der Waals surface area contributed by atoms with Gasteiger partial charge in [-0.05, 0) is 24.1 Å². The van der Waals surface area contributed by atoms with E-state index in [-0.39, 0.29) is 6.04 Å². The number of rotatable bonds is 2. The van der Waals surface area contributed by atoms with Crippen LogP contribution in [0.3, 0.4) is 0 Å². The van der Waals surface area contributed by atoms with Gasteiger partial charge in [-0.3, -0.25) is 0 Å². The number of aliphatic imine (C=N–C) groups is 1. The Morgan fingerprint density at radius 1 is 1.05 bits per heavy atom. The van der Waals surface area contributed by atoms with E-state index in [0.717, 1.165) is 12.2 Å². The van der Waals surface area contributed by atoms with Gasteiger partial charge >= 0.3 is 0 Å². The first-order valence-corrected chi connectivity index (χ1v) is 6.49. The Morgan fingerprint density at radius 3 is 2.53 bits per heavy atom. The molecule has 3 nitrogen and oxygen atoms in total. The minimum atomic E-state index is 0.221. The van der Waals surface area contributed by atoms with Crippen LogP contribution >= 0.6 is 0 Å². The van der Waals surface area contributed by atoms with E-state index in [1.54, 1.807) is 0 Å². The summed E-state index contributed by atoms with van der Waals surface area (Å²) in [5.41, 5.74) is 9.56. The Kier molecular flexibility index (Phi) is 2.95. The molecule has 1 atom stereocenters. The van der Waals surface area contributed by atoms with Gasteiger partial charge < -0.3 is 10.6 Å². The van der Waals surface area contributed by atoms with Crippen molar-refractivity contribution in [2.24, 2.45) is 10.7 Å². The van der Waals surface area contributed by atoms with E-state index in [4.69, 9.17) is 5.73 Å². The predicted octanol–water partition coefficient (Wildman–Crippen LogP) is 3.21. The van der Waals surface area contributed by atoms with Gasteiger partial charge in [0.15, 0.2) is 5.96 Å². The van der Waals surface area contributed by atoms with Gasteiger partial charge in [-0.25, -0.2) is 4.99 Å². The summed E-state index contributed by atoms with van der Waals surface area (Å²) >= 11 is 0. The van der Waals surface area contributed by atoms with Crippen molar-refractivity contribution in [2.45, 2.75) is 19.5 Å². The van der Waals surface area contributed by atoms with Crippen LogP contribution < -0.4 is 5.73 Å². The van der Waals surface area contributed by atoms with Crippen LogP contribution in [0.1, 0.15) is 24.1 Å². The molecule has 2 aromatic carbocycles. The highest BCUT2D eigenvalue weighted by Crippen LogP contribution is 2.30. The lowest BCUT2D eigenvalue weighted by atomic mass is 10.0. The zero-order chi connectivity index (χ0) is 13.2. The highest BCUT2D eigenvalue weighted by Gasteiger charge is 2.22. The summed E-state index contributed by atoms with van der Waals surface area (Å²) in [7, 11) is 0. The van der Waals surface area contributed by atoms with Crippen molar-refractivity contribution < 1.29 is 0 Å². The van der Waals surface area contributed by atoms with Crippen molar-refractivity contribution >= 4 is 11.6 Å². The average Bonchev–Trinajstić information content (AvgIpc) is 2.47. The molecule has 0 aromatic heterocycles. The maximum Gasteiger partial charge on any atom is 0.197 e. The molecule has 0 aliphatic carbocycles. The lowest BCUT2D eigenvalue weighted by Gasteiger charge is -2.33. The Labute approximate surface area is 113 Å². The monoisotopic (exact) mass is 251 g/mol. The molecule has 2 aromatic rings. The molecule has 19 heavy (non-hydrogen) atoms. The van der Waals surface area contributed by atoms with Gasteiger partial charge in [-0.2, -0.15) is 0 Å². The molecule has 1 unspecified atom stereocenters. The zero-order valence-corrected chi connectivity index (χ0v) is 11.0. The molecule has 0 bridgehead atoms. The second-order valence-corrected chi connectivity index (χ2v) is 4.81. The van der Waals surface area contributed by atoms with Crippen LogP contribution in [0.5, 0.6) is 0 Å². The first kappa shape index (κ1) is 11.8. The van der Waals surface area contributed by atoms with Crippen molar-refractivity contribution in [1.82, 2.24) is 4.90 Å². The van der Waals surface area contributed by atoms with Gasteiger partial charge in [0.25, 0.3) is 0 Å². The summed E-state index contributed by atoms with van der Waals surface area (Å²) in [6, 6.07) is 18.7. The van der Waals surface area contributed by atoms with Crippen molar-refractivity contribution in [3.8, 4) is 0 Å². The maximum atomic E-state index is 6.11. The Balaban J connectivity index is 1.92. The van der Waals surface area contributed by atoms with Crippen LogP contribution in [0.25, 0.3) is 0 Å². The van der Waals surface area contributed by atoms with Crippen LogP contribution in [0.2, 0.25) is 0 Å². The number of nitrogens with zero attached hydrogens (tertiary/aromatic N) is 2. The third-order valence-corrected chi connectivity index (χ3v) is 3.61. The van der Waals surface area contributed by atoms with Crippen molar-refractivity contribution in [2.75, 3.05) is 0 Å². The average molecular weight is 251 g/mol. The third kappa shape index (κ3) is 2.19. The molecule has 0 radical (unpaired) electrons. The number of para-hydroxylation sites is 1. The molecular weight excluding hydrogens is 234 g/mol. The first-order valence-electron chi connectivity index (χ1n) is 6.49. The number of nitrogens with two attached hydrogens (primary N) is 1. The number of benzene rings is 2. The summed E-state index contributed by atoms with van der Waals surface area (Å²) in [5, 5.41) is 0. The molecule has 1 aliphatic heterocycles. The van der Waals surface area contributed by atoms with E-state index in [1.807, 2.05) is 24.3 Å². The van der Waals surface area contributed by atoms with Crippen LogP contribution in [-0.4, -0.2) is 10.9 Å². The van der Waals surface area contributed by atoms with Gasteiger partial charge in [0.05, 0.1) is 11.7 Å². The Hall–Kier alpha value is -2.29. The fourth-order valence-corrected chi connectivity index (χ4v) is 2.45. The molecule has 3 heteroatoms. The van der Waals surface area contributed by atoms with Crippen molar-refractivity contribution in [3.05, 3.63) is 65.7 Å². The largest absolute Gasteiger partial charge is 0.369 e. The fraction of sp³-hybridized carbons (Fsp3) is 0.188. The maximum absolute atomic E-state index is 6.11. The number of hydrogen-bond donors (Lipinski definition) is 1. The van der Waals surface area contributed by atoms with E-state index < -0.39 is 0 Å². The van der Waals surface area contributed by atoms with E-state index in [0.29, 0.717) is 5.96 Å². The molecule has 0 saturated heterocycles. The van der Waals surface area contributed by atoms with Crippen LogP contribution in [0.15, 0.2) is 59.6 Å². The van der Waals surface area contributed by atoms with Crippen molar-refractivity contribution in [3.63, 3.8) is 0 Å². The molecule has 0 amide bonds. The molecule has 96 valence electrons. The predicted molar refractivity (Wildman–Crippen MR) is 78.1 cm³/mol. The highest BCUT2D eigenvalue weighted by molar-refractivity contribution is 5.83. The molecule has 2 N–H and O–H groups in total. The molecule has 0 saturated carbocycles.